The SMILES string of the molecule is COc1nscc1-c1c(F)cccc1C=O. The molecule has 0 spiro atoms. The van der Waals surface area contributed by atoms with Gasteiger partial charge in [-0.1, -0.05) is 12.1 Å². The Kier molecular flexibility index (Phi) is 2.96. The normalized spacial score (nSPS) is 10.1. The number of hydrogen-bond acceptors (Lipinski definition) is 4. The monoisotopic (exact) mass is 237 g/mol. The first kappa shape index (κ1) is 10.8. The minimum atomic E-state index is -0.455. The average molecular weight is 237 g/mol. The maximum absolute atomic E-state index is 13.7. The van der Waals surface area contributed by atoms with Gasteiger partial charge in [0.25, 0.3) is 0 Å². The van der Waals surface area contributed by atoms with E-state index in [0.29, 0.717) is 23.3 Å². The highest BCUT2D eigenvalue weighted by Gasteiger charge is 2.16. The van der Waals surface area contributed by atoms with Crippen molar-refractivity contribution >= 4 is 17.8 Å². The smallest absolute Gasteiger partial charge is 0.233 e. The average Bonchev–Trinajstić information content (AvgIpc) is 2.76. The molecule has 1 aromatic carbocycles. The van der Waals surface area contributed by atoms with Gasteiger partial charge in [-0.25, -0.2) is 4.39 Å². The quantitative estimate of drug-likeness (QED) is 0.770. The molecule has 0 saturated heterocycles. The van der Waals surface area contributed by atoms with E-state index in [1.54, 1.807) is 11.4 Å². The van der Waals surface area contributed by atoms with Crippen molar-refractivity contribution < 1.29 is 13.9 Å². The van der Waals surface area contributed by atoms with Crippen LogP contribution in [0.3, 0.4) is 0 Å². The first-order valence-corrected chi connectivity index (χ1v) is 5.34. The first-order chi connectivity index (χ1) is 7.77. The van der Waals surface area contributed by atoms with Gasteiger partial charge in [-0.2, -0.15) is 4.37 Å². The predicted octanol–water partition coefficient (Wildman–Crippen LogP) is 2.77. The number of hydrogen-bond donors (Lipinski definition) is 0. The van der Waals surface area contributed by atoms with Crippen molar-refractivity contribution in [2.24, 2.45) is 0 Å². The van der Waals surface area contributed by atoms with Crippen LogP contribution >= 0.6 is 11.5 Å². The van der Waals surface area contributed by atoms with E-state index in [-0.39, 0.29) is 5.56 Å². The Bertz CT molecular complexity index is 524. The Morgan fingerprint density at radius 1 is 1.50 bits per heavy atom. The zero-order chi connectivity index (χ0) is 11.5. The van der Waals surface area contributed by atoms with Gasteiger partial charge in [-0.15, -0.1) is 0 Å². The molecule has 82 valence electrons. The lowest BCUT2D eigenvalue weighted by molar-refractivity contribution is 0.112. The fraction of sp³-hybridized carbons (Fsp3) is 0.0909. The fourth-order valence-electron chi connectivity index (χ4n) is 1.46. The number of carbonyl (C=O) groups is 1. The third-order valence-electron chi connectivity index (χ3n) is 2.17. The highest BCUT2D eigenvalue weighted by molar-refractivity contribution is 7.04. The summed E-state index contributed by atoms with van der Waals surface area (Å²) in [6.07, 6.45) is 0.621. The molecule has 0 saturated carbocycles. The van der Waals surface area contributed by atoms with E-state index in [0.717, 1.165) is 11.5 Å². The number of rotatable bonds is 3. The minimum Gasteiger partial charge on any atom is -0.480 e. The summed E-state index contributed by atoms with van der Waals surface area (Å²) < 4.78 is 22.7. The van der Waals surface area contributed by atoms with Gasteiger partial charge in [0.1, 0.15) is 5.82 Å². The topological polar surface area (TPSA) is 39.2 Å². The standard InChI is InChI=1S/C11H8FNO2S/c1-15-11-8(6-16-13-11)10-7(5-14)3-2-4-9(10)12/h2-6H,1H3. The van der Waals surface area contributed by atoms with E-state index in [9.17, 15) is 9.18 Å². The summed E-state index contributed by atoms with van der Waals surface area (Å²) in [4.78, 5) is 10.8. The van der Waals surface area contributed by atoms with Gasteiger partial charge in [-0.05, 0) is 17.6 Å². The fourth-order valence-corrected chi connectivity index (χ4v) is 2.11. The molecule has 0 radical (unpaired) electrons. The van der Waals surface area contributed by atoms with Crippen molar-refractivity contribution in [1.29, 1.82) is 0 Å². The van der Waals surface area contributed by atoms with E-state index >= 15 is 0 Å². The molecular weight excluding hydrogens is 229 g/mol. The first-order valence-electron chi connectivity index (χ1n) is 4.50. The van der Waals surface area contributed by atoms with Crippen LogP contribution in [-0.2, 0) is 0 Å². The molecule has 1 aromatic heterocycles. The maximum atomic E-state index is 13.7. The van der Waals surface area contributed by atoms with Gasteiger partial charge < -0.3 is 4.74 Å². The summed E-state index contributed by atoms with van der Waals surface area (Å²) in [6, 6.07) is 4.36. The summed E-state index contributed by atoms with van der Waals surface area (Å²) >= 11 is 1.16. The number of halogens is 1. The highest BCUT2D eigenvalue weighted by Crippen LogP contribution is 2.34. The number of aromatic nitrogens is 1. The molecule has 0 aliphatic heterocycles. The van der Waals surface area contributed by atoms with E-state index < -0.39 is 5.82 Å². The molecule has 0 aliphatic rings. The molecule has 0 aliphatic carbocycles. The lowest BCUT2D eigenvalue weighted by Gasteiger charge is -2.05. The Labute approximate surface area is 95.7 Å². The largest absolute Gasteiger partial charge is 0.480 e. The zero-order valence-corrected chi connectivity index (χ0v) is 9.25. The van der Waals surface area contributed by atoms with Crippen molar-refractivity contribution in [1.82, 2.24) is 4.37 Å². The van der Waals surface area contributed by atoms with Crippen LogP contribution in [0.1, 0.15) is 10.4 Å². The molecule has 0 fully saturated rings. The molecule has 0 bridgehead atoms. The lowest BCUT2D eigenvalue weighted by Crippen LogP contribution is -1.93. The second-order valence-electron chi connectivity index (χ2n) is 3.06. The number of methoxy groups -OCH3 is 1. The molecule has 16 heavy (non-hydrogen) atoms. The second-order valence-corrected chi connectivity index (χ2v) is 3.69. The molecule has 3 nitrogen and oxygen atoms in total. The number of nitrogens with zero attached hydrogens (tertiary/aromatic N) is 1. The maximum Gasteiger partial charge on any atom is 0.233 e. The summed E-state index contributed by atoms with van der Waals surface area (Å²) in [6.45, 7) is 0. The molecule has 0 atom stereocenters. The van der Waals surface area contributed by atoms with Gasteiger partial charge >= 0.3 is 0 Å². The summed E-state index contributed by atoms with van der Waals surface area (Å²) in [5.41, 5.74) is 1.04. The molecule has 0 N–H and O–H groups in total. The van der Waals surface area contributed by atoms with Crippen molar-refractivity contribution in [3.05, 3.63) is 35.0 Å². The molecule has 0 unspecified atom stereocenters. The lowest BCUT2D eigenvalue weighted by atomic mass is 10.0. The van der Waals surface area contributed by atoms with Gasteiger partial charge in [0.15, 0.2) is 6.29 Å². The highest BCUT2D eigenvalue weighted by atomic mass is 32.1. The van der Waals surface area contributed by atoms with Crippen LogP contribution in [0.2, 0.25) is 0 Å². The Hall–Kier alpha value is -1.75. The van der Waals surface area contributed by atoms with Crippen LogP contribution in [0, 0.1) is 5.82 Å². The van der Waals surface area contributed by atoms with Crippen LogP contribution in [0.25, 0.3) is 11.1 Å². The van der Waals surface area contributed by atoms with E-state index in [2.05, 4.69) is 4.37 Å². The number of ether oxygens (including phenoxy) is 1. The Morgan fingerprint density at radius 2 is 2.31 bits per heavy atom. The van der Waals surface area contributed by atoms with E-state index in [4.69, 9.17) is 4.74 Å². The van der Waals surface area contributed by atoms with Gasteiger partial charge in [0.2, 0.25) is 5.88 Å². The van der Waals surface area contributed by atoms with Crippen LogP contribution < -0.4 is 4.74 Å². The molecule has 5 heteroatoms. The van der Waals surface area contributed by atoms with Crippen molar-refractivity contribution in [3.63, 3.8) is 0 Å². The molecule has 0 amide bonds. The number of benzene rings is 1. The number of aldehydes is 1. The molecular formula is C11H8FNO2S. The van der Waals surface area contributed by atoms with Crippen LogP contribution in [0.5, 0.6) is 5.88 Å². The van der Waals surface area contributed by atoms with E-state index in [1.807, 2.05) is 0 Å². The minimum absolute atomic E-state index is 0.239. The molecule has 2 rings (SSSR count). The molecule has 1 heterocycles. The Morgan fingerprint density at radius 3 is 3.00 bits per heavy atom. The van der Waals surface area contributed by atoms with Crippen molar-refractivity contribution in [2.75, 3.05) is 7.11 Å². The van der Waals surface area contributed by atoms with Gasteiger partial charge in [0.05, 0.1) is 12.7 Å². The van der Waals surface area contributed by atoms with Crippen LogP contribution in [0.4, 0.5) is 4.39 Å². The van der Waals surface area contributed by atoms with Gasteiger partial charge in [-0.3, -0.25) is 4.79 Å². The third kappa shape index (κ3) is 1.69. The van der Waals surface area contributed by atoms with Gasteiger partial charge in [0, 0.05) is 16.5 Å². The predicted molar refractivity (Wildman–Crippen MR) is 59.4 cm³/mol. The van der Waals surface area contributed by atoms with Crippen LogP contribution in [-0.4, -0.2) is 17.8 Å². The van der Waals surface area contributed by atoms with Crippen molar-refractivity contribution in [2.45, 2.75) is 0 Å². The van der Waals surface area contributed by atoms with E-state index in [1.165, 1.54) is 19.2 Å². The van der Waals surface area contributed by atoms with Crippen LogP contribution in [0.15, 0.2) is 23.6 Å². The number of carbonyl (C=O) groups excluding carboxylic acids is 1. The van der Waals surface area contributed by atoms with Crippen molar-refractivity contribution in [3.8, 4) is 17.0 Å². The Balaban J connectivity index is 2.67. The summed E-state index contributed by atoms with van der Waals surface area (Å²) in [5, 5.41) is 1.66. The second kappa shape index (κ2) is 4.40. The molecule has 2 aromatic rings. The summed E-state index contributed by atoms with van der Waals surface area (Å²) in [5.74, 6) is -0.124. The third-order valence-corrected chi connectivity index (χ3v) is 2.78. The zero-order valence-electron chi connectivity index (χ0n) is 8.44. The summed E-state index contributed by atoms with van der Waals surface area (Å²) in [7, 11) is 1.46.